The van der Waals surface area contributed by atoms with Gasteiger partial charge in [-0.05, 0) is 33.6 Å². The number of sulfonamides is 1. The first kappa shape index (κ1) is 15.9. The first-order valence-electron chi connectivity index (χ1n) is 6.86. The average Bonchev–Trinajstić information content (AvgIpc) is 2.52. The molecule has 0 bridgehead atoms. The van der Waals surface area contributed by atoms with Gasteiger partial charge in [0.2, 0.25) is 10.0 Å². The third-order valence-electron chi connectivity index (χ3n) is 4.22. The summed E-state index contributed by atoms with van der Waals surface area (Å²) < 4.78 is 26.0. The summed E-state index contributed by atoms with van der Waals surface area (Å²) in [5.41, 5.74) is 5.57. The van der Waals surface area contributed by atoms with Crippen LogP contribution in [0.1, 0.15) is 59.3 Å². The van der Waals surface area contributed by atoms with E-state index in [1.165, 1.54) is 12.8 Å². The molecule has 1 rings (SSSR count). The molecule has 0 radical (unpaired) electrons. The Balaban J connectivity index is 3.08. The lowest BCUT2D eigenvalue weighted by Gasteiger charge is -2.42. The SMILES string of the molecule is CN(C1(CN)CCCCCC1)S(=O)(=O)C(C)(C)C. The van der Waals surface area contributed by atoms with Gasteiger partial charge in [-0.25, -0.2) is 8.42 Å². The highest BCUT2D eigenvalue weighted by Gasteiger charge is 2.44. The number of hydrogen-bond donors (Lipinski definition) is 1. The van der Waals surface area contributed by atoms with Crippen molar-refractivity contribution in [3.8, 4) is 0 Å². The van der Waals surface area contributed by atoms with Gasteiger partial charge in [0.05, 0.1) is 4.75 Å². The molecule has 4 nitrogen and oxygen atoms in total. The van der Waals surface area contributed by atoms with Gasteiger partial charge in [0, 0.05) is 19.1 Å². The third-order valence-corrected chi connectivity index (χ3v) is 6.87. The molecule has 1 fully saturated rings. The average molecular weight is 276 g/mol. The maximum atomic E-state index is 12.6. The van der Waals surface area contributed by atoms with E-state index in [9.17, 15) is 8.42 Å². The van der Waals surface area contributed by atoms with E-state index < -0.39 is 14.8 Å². The van der Waals surface area contributed by atoms with Gasteiger partial charge < -0.3 is 5.73 Å². The van der Waals surface area contributed by atoms with Gasteiger partial charge in [-0.1, -0.05) is 25.7 Å². The Bertz CT molecular complexity index is 363. The smallest absolute Gasteiger partial charge is 0.219 e. The van der Waals surface area contributed by atoms with Crippen molar-refractivity contribution in [2.75, 3.05) is 13.6 Å². The molecule has 0 amide bonds. The highest BCUT2D eigenvalue weighted by Crippen LogP contribution is 2.35. The number of nitrogens with zero attached hydrogens (tertiary/aromatic N) is 1. The van der Waals surface area contributed by atoms with Gasteiger partial charge in [0.15, 0.2) is 0 Å². The molecule has 1 aliphatic rings. The number of nitrogens with two attached hydrogens (primary N) is 1. The van der Waals surface area contributed by atoms with Crippen LogP contribution in [0, 0.1) is 0 Å². The molecular weight excluding hydrogens is 248 g/mol. The minimum Gasteiger partial charge on any atom is -0.329 e. The lowest BCUT2D eigenvalue weighted by molar-refractivity contribution is 0.192. The molecule has 0 aliphatic heterocycles. The van der Waals surface area contributed by atoms with Crippen LogP contribution in [0.2, 0.25) is 0 Å². The molecule has 0 aromatic rings. The fourth-order valence-electron chi connectivity index (χ4n) is 2.70. The second-order valence-corrected chi connectivity index (χ2v) is 9.15. The minimum absolute atomic E-state index is 0.372. The lowest BCUT2D eigenvalue weighted by Crippen LogP contribution is -2.57. The first-order valence-corrected chi connectivity index (χ1v) is 8.30. The van der Waals surface area contributed by atoms with Gasteiger partial charge in [-0.3, -0.25) is 0 Å². The largest absolute Gasteiger partial charge is 0.329 e. The van der Waals surface area contributed by atoms with Crippen molar-refractivity contribution in [2.45, 2.75) is 69.6 Å². The zero-order valence-electron chi connectivity index (χ0n) is 12.2. The van der Waals surface area contributed by atoms with E-state index in [-0.39, 0.29) is 5.54 Å². The molecule has 0 aromatic carbocycles. The topological polar surface area (TPSA) is 63.4 Å². The fraction of sp³-hybridized carbons (Fsp3) is 1.00. The van der Waals surface area contributed by atoms with E-state index in [1.54, 1.807) is 32.1 Å². The Morgan fingerprint density at radius 2 is 1.56 bits per heavy atom. The summed E-state index contributed by atoms with van der Waals surface area (Å²) in [6, 6.07) is 0. The summed E-state index contributed by atoms with van der Waals surface area (Å²) >= 11 is 0. The quantitative estimate of drug-likeness (QED) is 0.803. The van der Waals surface area contributed by atoms with E-state index in [4.69, 9.17) is 5.73 Å². The van der Waals surface area contributed by atoms with Gasteiger partial charge >= 0.3 is 0 Å². The Labute approximate surface area is 112 Å². The van der Waals surface area contributed by atoms with Crippen LogP contribution in [0.4, 0.5) is 0 Å². The van der Waals surface area contributed by atoms with Crippen LogP contribution in [0.25, 0.3) is 0 Å². The fourth-order valence-corrected chi connectivity index (χ4v) is 4.29. The predicted molar refractivity (Wildman–Crippen MR) is 75.9 cm³/mol. The number of likely N-dealkylation sites (N-methyl/N-ethyl adjacent to an activating group) is 1. The number of hydrogen-bond acceptors (Lipinski definition) is 3. The second kappa shape index (κ2) is 5.47. The van der Waals surface area contributed by atoms with Gasteiger partial charge in [0.1, 0.15) is 0 Å². The molecule has 108 valence electrons. The van der Waals surface area contributed by atoms with Crippen LogP contribution in [0.3, 0.4) is 0 Å². The predicted octanol–water partition coefficient (Wildman–Crippen LogP) is 2.10. The lowest BCUT2D eigenvalue weighted by atomic mass is 9.90. The van der Waals surface area contributed by atoms with Crippen molar-refractivity contribution >= 4 is 10.0 Å². The first-order chi connectivity index (χ1) is 8.17. The summed E-state index contributed by atoms with van der Waals surface area (Å²) in [6.07, 6.45) is 6.28. The Kier molecular flexibility index (Phi) is 4.84. The van der Waals surface area contributed by atoms with E-state index in [0.717, 1.165) is 25.7 Å². The van der Waals surface area contributed by atoms with Crippen LogP contribution in [-0.2, 0) is 10.0 Å². The van der Waals surface area contributed by atoms with Crippen LogP contribution in [0.15, 0.2) is 0 Å². The van der Waals surface area contributed by atoms with Crippen LogP contribution in [-0.4, -0.2) is 36.6 Å². The summed E-state index contributed by atoms with van der Waals surface area (Å²) in [6.45, 7) is 5.66. The van der Waals surface area contributed by atoms with Gasteiger partial charge in [-0.2, -0.15) is 4.31 Å². The van der Waals surface area contributed by atoms with Crippen molar-refractivity contribution in [1.82, 2.24) is 4.31 Å². The van der Waals surface area contributed by atoms with E-state index >= 15 is 0 Å². The molecule has 1 aliphatic carbocycles. The molecule has 2 N–H and O–H groups in total. The van der Waals surface area contributed by atoms with Crippen LogP contribution in [0.5, 0.6) is 0 Å². The molecule has 0 atom stereocenters. The third kappa shape index (κ3) is 2.89. The molecule has 18 heavy (non-hydrogen) atoms. The van der Waals surface area contributed by atoms with Crippen LogP contribution >= 0.6 is 0 Å². The summed E-state index contributed by atoms with van der Waals surface area (Å²) in [5.74, 6) is 0. The van der Waals surface area contributed by atoms with Crippen molar-refractivity contribution in [3.63, 3.8) is 0 Å². The minimum atomic E-state index is -3.31. The van der Waals surface area contributed by atoms with E-state index in [1.807, 2.05) is 0 Å². The zero-order valence-corrected chi connectivity index (χ0v) is 13.0. The van der Waals surface area contributed by atoms with Crippen molar-refractivity contribution in [3.05, 3.63) is 0 Å². The van der Waals surface area contributed by atoms with Gasteiger partial charge in [0.25, 0.3) is 0 Å². The number of rotatable bonds is 3. The summed E-state index contributed by atoms with van der Waals surface area (Å²) in [7, 11) is -1.60. The van der Waals surface area contributed by atoms with Crippen molar-refractivity contribution < 1.29 is 8.42 Å². The molecule has 0 spiro atoms. The van der Waals surface area contributed by atoms with Crippen molar-refractivity contribution in [2.24, 2.45) is 5.73 Å². The molecule has 0 unspecified atom stereocenters. The van der Waals surface area contributed by atoms with E-state index in [2.05, 4.69) is 0 Å². The zero-order chi connectivity index (χ0) is 14.0. The Morgan fingerprint density at radius 1 is 1.11 bits per heavy atom. The summed E-state index contributed by atoms with van der Waals surface area (Å²) in [4.78, 5) is 0. The van der Waals surface area contributed by atoms with E-state index in [0.29, 0.717) is 6.54 Å². The van der Waals surface area contributed by atoms with Crippen LogP contribution < -0.4 is 5.73 Å². The highest BCUT2D eigenvalue weighted by molar-refractivity contribution is 7.90. The second-order valence-electron chi connectivity index (χ2n) is 6.43. The molecule has 0 saturated heterocycles. The Hall–Kier alpha value is -0.130. The maximum absolute atomic E-state index is 12.6. The molecule has 0 heterocycles. The van der Waals surface area contributed by atoms with Crippen molar-refractivity contribution in [1.29, 1.82) is 0 Å². The normalized spacial score (nSPS) is 21.9. The molecule has 1 saturated carbocycles. The molecular formula is C13H28N2O2S. The summed E-state index contributed by atoms with van der Waals surface area (Å²) in [5, 5.41) is 0. The molecule has 0 aromatic heterocycles. The standard InChI is InChI=1S/C13H28N2O2S/c1-12(2,3)18(16,17)15(4)13(11-14)9-7-5-6-8-10-13/h5-11,14H2,1-4H3. The highest BCUT2D eigenvalue weighted by atomic mass is 32.2. The Morgan fingerprint density at radius 3 is 1.89 bits per heavy atom. The van der Waals surface area contributed by atoms with Gasteiger partial charge in [-0.15, -0.1) is 0 Å². The monoisotopic (exact) mass is 276 g/mol. The maximum Gasteiger partial charge on any atom is 0.219 e. The molecule has 5 heteroatoms.